The van der Waals surface area contributed by atoms with Crippen molar-refractivity contribution in [3.05, 3.63) is 59.7 Å². The molecule has 7 nitrogen and oxygen atoms in total. The molecule has 0 atom stereocenters. The van der Waals surface area contributed by atoms with E-state index in [1.807, 2.05) is 14.1 Å². The number of hydrogen-bond acceptors (Lipinski definition) is 5. The maximum absolute atomic E-state index is 12.8. The van der Waals surface area contributed by atoms with Crippen LogP contribution in [0.2, 0.25) is 0 Å². The minimum absolute atomic E-state index is 0.137. The minimum atomic E-state index is -3.62. The van der Waals surface area contributed by atoms with Crippen molar-refractivity contribution in [2.45, 2.75) is 17.7 Å². The van der Waals surface area contributed by atoms with Gasteiger partial charge in [-0.1, -0.05) is 18.2 Å². The number of sulfonamides is 1. The number of carbonyl (C=O) groups is 1. The van der Waals surface area contributed by atoms with Crippen LogP contribution in [0.5, 0.6) is 0 Å². The van der Waals surface area contributed by atoms with Gasteiger partial charge in [0.15, 0.2) is 0 Å². The molecule has 2 aromatic rings. The number of aryl methyl sites for hydroxylation is 1. The van der Waals surface area contributed by atoms with E-state index in [1.165, 1.54) is 22.0 Å². The van der Waals surface area contributed by atoms with Crippen LogP contribution in [0.4, 0.5) is 5.69 Å². The van der Waals surface area contributed by atoms with E-state index < -0.39 is 10.0 Å². The van der Waals surface area contributed by atoms with Gasteiger partial charge in [0.2, 0.25) is 10.0 Å². The van der Waals surface area contributed by atoms with E-state index in [2.05, 4.69) is 34.5 Å². The van der Waals surface area contributed by atoms with Crippen molar-refractivity contribution in [3.8, 4) is 0 Å². The summed E-state index contributed by atoms with van der Waals surface area (Å²) in [4.78, 5) is 14.7. The molecule has 1 N–H and O–H groups in total. The van der Waals surface area contributed by atoms with Crippen molar-refractivity contribution in [1.82, 2.24) is 9.62 Å². The SMILES string of the molecule is CN(C)c1ccc(CCCNC(=O)c2cccc(S(=O)(=O)N3CCOCC3)c2)cc1. The van der Waals surface area contributed by atoms with Gasteiger partial charge in [-0.3, -0.25) is 4.79 Å². The summed E-state index contributed by atoms with van der Waals surface area (Å²) in [6.45, 7) is 1.95. The molecule has 8 heteroatoms. The topological polar surface area (TPSA) is 79.0 Å². The van der Waals surface area contributed by atoms with E-state index in [4.69, 9.17) is 4.74 Å². The number of morpholine rings is 1. The number of amides is 1. The standard InChI is InChI=1S/C22H29N3O4S/c1-24(2)20-10-8-18(9-11-20)5-4-12-23-22(26)19-6-3-7-21(17-19)30(27,28)25-13-15-29-16-14-25/h3,6-11,17H,4-5,12-16H2,1-2H3,(H,23,26). The summed E-state index contributed by atoms with van der Waals surface area (Å²) >= 11 is 0. The first-order valence-corrected chi connectivity index (χ1v) is 11.5. The van der Waals surface area contributed by atoms with Crippen molar-refractivity contribution in [2.75, 3.05) is 51.8 Å². The first-order valence-electron chi connectivity index (χ1n) is 10.1. The van der Waals surface area contributed by atoms with Crippen molar-refractivity contribution < 1.29 is 17.9 Å². The van der Waals surface area contributed by atoms with Crippen molar-refractivity contribution in [1.29, 1.82) is 0 Å². The Morgan fingerprint density at radius 3 is 2.47 bits per heavy atom. The third kappa shape index (κ3) is 5.59. The van der Waals surface area contributed by atoms with Gasteiger partial charge in [-0.2, -0.15) is 4.31 Å². The van der Waals surface area contributed by atoms with Gasteiger partial charge in [-0.25, -0.2) is 8.42 Å². The largest absolute Gasteiger partial charge is 0.379 e. The van der Waals surface area contributed by atoms with E-state index in [0.717, 1.165) is 18.5 Å². The quantitative estimate of drug-likeness (QED) is 0.648. The summed E-state index contributed by atoms with van der Waals surface area (Å²) in [5.41, 5.74) is 2.71. The lowest BCUT2D eigenvalue weighted by atomic mass is 10.1. The van der Waals surface area contributed by atoms with Gasteiger partial charge in [0.25, 0.3) is 5.91 Å². The second kappa shape index (κ2) is 10.1. The molecule has 0 spiro atoms. The molecule has 1 saturated heterocycles. The molecule has 1 fully saturated rings. The van der Waals surface area contributed by atoms with Crippen LogP contribution in [0.25, 0.3) is 0 Å². The predicted molar refractivity (Wildman–Crippen MR) is 117 cm³/mol. The Morgan fingerprint density at radius 2 is 1.80 bits per heavy atom. The molecule has 1 amide bonds. The van der Waals surface area contributed by atoms with Crippen LogP contribution in [0, 0.1) is 0 Å². The molecule has 0 saturated carbocycles. The number of hydrogen-bond donors (Lipinski definition) is 1. The molecule has 1 aliphatic heterocycles. The Morgan fingerprint density at radius 1 is 1.10 bits per heavy atom. The van der Waals surface area contributed by atoms with Gasteiger partial charge in [0.1, 0.15) is 0 Å². The Kier molecular flexibility index (Phi) is 7.47. The number of nitrogens with zero attached hydrogens (tertiary/aromatic N) is 2. The number of carbonyl (C=O) groups excluding carboxylic acids is 1. The molecule has 1 aliphatic rings. The Bertz CT molecular complexity index is 953. The normalized spacial score (nSPS) is 15.0. The average molecular weight is 432 g/mol. The first kappa shape index (κ1) is 22.3. The second-order valence-electron chi connectivity index (χ2n) is 7.46. The summed E-state index contributed by atoms with van der Waals surface area (Å²) in [5, 5.41) is 2.88. The summed E-state index contributed by atoms with van der Waals surface area (Å²) in [7, 11) is 0.392. The molecule has 0 aromatic heterocycles. The van der Waals surface area contributed by atoms with E-state index in [-0.39, 0.29) is 10.8 Å². The lowest BCUT2D eigenvalue weighted by Crippen LogP contribution is -2.40. The van der Waals surface area contributed by atoms with Crippen molar-refractivity contribution in [2.24, 2.45) is 0 Å². The summed E-state index contributed by atoms with van der Waals surface area (Å²) in [5.74, 6) is -0.267. The van der Waals surface area contributed by atoms with Crippen LogP contribution in [-0.4, -0.2) is 65.6 Å². The number of nitrogens with one attached hydrogen (secondary N) is 1. The van der Waals surface area contributed by atoms with Crippen LogP contribution in [0.15, 0.2) is 53.4 Å². The second-order valence-corrected chi connectivity index (χ2v) is 9.40. The molecular weight excluding hydrogens is 402 g/mol. The fourth-order valence-electron chi connectivity index (χ4n) is 3.29. The summed E-state index contributed by atoms with van der Waals surface area (Å²) < 4.78 is 32.2. The van der Waals surface area contributed by atoms with Crippen LogP contribution < -0.4 is 10.2 Å². The van der Waals surface area contributed by atoms with E-state index in [0.29, 0.717) is 38.4 Å². The number of ether oxygens (including phenoxy) is 1. The molecule has 0 aliphatic carbocycles. The summed E-state index contributed by atoms with van der Waals surface area (Å²) in [6.07, 6.45) is 1.66. The smallest absolute Gasteiger partial charge is 0.251 e. The zero-order valence-corrected chi connectivity index (χ0v) is 18.3. The molecule has 30 heavy (non-hydrogen) atoms. The zero-order chi connectivity index (χ0) is 21.6. The highest BCUT2D eigenvalue weighted by atomic mass is 32.2. The molecule has 3 rings (SSSR count). The maximum atomic E-state index is 12.8. The van der Waals surface area contributed by atoms with E-state index in [1.54, 1.807) is 12.1 Å². The molecule has 0 bridgehead atoms. The fraction of sp³-hybridized carbons (Fsp3) is 0.409. The van der Waals surface area contributed by atoms with Gasteiger partial charge in [0, 0.05) is 45.0 Å². The van der Waals surface area contributed by atoms with Gasteiger partial charge in [0.05, 0.1) is 18.1 Å². The lowest BCUT2D eigenvalue weighted by molar-refractivity contribution is 0.0730. The number of benzene rings is 2. The van der Waals surface area contributed by atoms with E-state index >= 15 is 0 Å². The molecule has 162 valence electrons. The monoisotopic (exact) mass is 431 g/mol. The molecule has 0 radical (unpaired) electrons. The van der Waals surface area contributed by atoms with Gasteiger partial charge in [-0.05, 0) is 48.7 Å². The lowest BCUT2D eigenvalue weighted by Gasteiger charge is -2.26. The molecule has 0 unspecified atom stereocenters. The Hall–Kier alpha value is -2.42. The van der Waals surface area contributed by atoms with Crippen LogP contribution in [0.1, 0.15) is 22.3 Å². The molecule has 2 aromatic carbocycles. The zero-order valence-electron chi connectivity index (χ0n) is 17.5. The number of rotatable bonds is 8. The van der Waals surface area contributed by atoms with Gasteiger partial charge < -0.3 is 15.0 Å². The van der Waals surface area contributed by atoms with Crippen LogP contribution in [0.3, 0.4) is 0 Å². The average Bonchev–Trinajstić information content (AvgIpc) is 2.77. The Balaban J connectivity index is 1.53. The maximum Gasteiger partial charge on any atom is 0.251 e. The fourth-order valence-corrected chi connectivity index (χ4v) is 4.75. The van der Waals surface area contributed by atoms with Crippen LogP contribution in [-0.2, 0) is 21.2 Å². The number of anilines is 1. The van der Waals surface area contributed by atoms with Crippen LogP contribution >= 0.6 is 0 Å². The third-order valence-electron chi connectivity index (χ3n) is 5.08. The molecule has 1 heterocycles. The van der Waals surface area contributed by atoms with Gasteiger partial charge >= 0.3 is 0 Å². The molecular formula is C22H29N3O4S. The first-order chi connectivity index (χ1) is 14.4. The third-order valence-corrected chi connectivity index (χ3v) is 6.98. The predicted octanol–water partition coefficient (Wildman–Crippen LogP) is 2.14. The highest BCUT2D eigenvalue weighted by Gasteiger charge is 2.26. The summed E-state index contributed by atoms with van der Waals surface area (Å²) in [6, 6.07) is 14.6. The van der Waals surface area contributed by atoms with Gasteiger partial charge in [-0.15, -0.1) is 0 Å². The Labute approximate surface area is 178 Å². The highest BCUT2D eigenvalue weighted by Crippen LogP contribution is 2.18. The van der Waals surface area contributed by atoms with Crippen molar-refractivity contribution >= 4 is 21.6 Å². The highest BCUT2D eigenvalue weighted by molar-refractivity contribution is 7.89. The van der Waals surface area contributed by atoms with Crippen molar-refractivity contribution in [3.63, 3.8) is 0 Å². The minimum Gasteiger partial charge on any atom is -0.379 e. The van der Waals surface area contributed by atoms with E-state index in [9.17, 15) is 13.2 Å².